The van der Waals surface area contributed by atoms with Gasteiger partial charge in [-0.2, -0.15) is 0 Å². The molecule has 1 rings (SSSR count). The minimum absolute atomic E-state index is 0. The first kappa shape index (κ1) is 15.8. The number of ketones is 1. The molecule has 0 radical (unpaired) electrons. The average molecular weight is 244 g/mol. The summed E-state index contributed by atoms with van der Waals surface area (Å²) in [6, 6.07) is 5.46. The molecule has 0 heterocycles. The van der Waals surface area contributed by atoms with Gasteiger partial charge in [0.05, 0.1) is 5.56 Å². The van der Waals surface area contributed by atoms with Gasteiger partial charge in [0.2, 0.25) is 0 Å². The normalized spacial score (nSPS) is 11.1. The standard InChI is InChI=1S/C11H10O5.Na/c1-6(9(12)11(15)16)7-2-4-8(5-3-7)10(13)14;/h2-6H,1H3,(H,13,14)(H,15,16);/q;+1/p-1. The van der Waals surface area contributed by atoms with Crippen molar-refractivity contribution in [1.29, 1.82) is 0 Å². The van der Waals surface area contributed by atoms with Crippen LogP contribution in [-0.4, -0.2) is 22.8 Å². The topological polar surface area (TPSA) is 94.5 Å². The van der Waals surface area contributed by atoms with Crippen LogP contribution in [0.15, 0.2) is 24.3 Å². The SMILES string of the molecule is CC(C(=O)C(=O)[O-])c1ccc(C(=O)O)cc1.[Na+]. The number of aromatic carboxylic acids is 1. The second-order valence-corrected chi connectivity index (χ2v) is 3.30. The number of carboxylic acid groups (broad SMARTS) is 2. The maximum absolute atomic E-state index is 11.1. The van der Waals surface area contributed by atoms with Crippen molar-refractivity contribution in [2.45, 2.75) is 12.8 Å². The molecule has 1 aromatic carbocycles. The molecular weight excluding hydrogens is 235 g/mol. The molecule has 0 aliphatic heterocycles. The number of rotatable bonds is 4. The van der Waals surface area contributed by atoms with E-state index in [1.807, 2.05) is 0 Å². The quantitative estimate of drug-likeness (QED) is 0.445. The molecule has 5 nitrogen and oxygen atoms in total. The zero-order valence-electron chi connectivity index (χ0n) is 9.47. The van der Waals surface area contributed by atoms with Crippen LogP contribution in [0.2, 0.25) is 0 Å². The molecular formula is C11H9NaO5. The molecule has 0 amide bonds. The zero-order chi connectivity index (χ0) is 12.3. The van der Waals surface area contributed by atoms with Gasteiger partial charge >= 0.3 is 35.5 Å². The van der Waals surface area contributed by atoms with Gasteiger partial charge in [0.15, 0.2) is 5.78 Å². The van der Waals surface area contributed by atoms with E-state index in [9.17, 15) is 19.5 Å². The summed E-state index contributed by atoms with van der Waals surface area (Å²) < 4.78 is 0. The van der Waals surface area contributed by atoms with Crippen LogP contribution in [-0.2, 0) is 9.59 Å². The summed E-state index contributed by atoms with van der Waals surface area (Å²) in [5, 5.41) is 19.0. The van der Waals surface area contributed by atoms with E-state index in [2.05, 4.69) is 0 Å². The molecule has 1 N–H and O–H groups in total. The van der Waals surface area contributed by atoms with Crippen molar-refractivity contribution in [3.63, 3.8) is 0 Å². The van der Waals surface area contributed by atoms with Crippen LogP contribution >= 0.6 is 0 Å². The first-order valence-corrected chi connectivity index (χ1v) is 4.52. The Bertz CT molecular complexity index is 438. The summed E-state index contributed by atoms with van der Waals surface area (Å²) in [7, 11) is 0. The van der Waals surface area contributed by atoms with E-state index in [1.165, 1.54) is 31.2 Å². The van der Waals surface area contributed by atoms with E-state index in [0.717, 1.165) is 0 Å². The van der Waals surface area contributed by atoms with Crippen LogP contribution < -0.4 is 34.7 Å². The number of carboxylic acids is 2. The maximum atomic E-state index is 11.1. The number of carbonyl (C=O) groups is 3. The van der Waals surface area contributed by atoms with Gasteiger partial charge in [-0.05, 0) is 17.7 Å². The van der Waals surface area contributed by atoms with E-state index in [0.29, 0.717) is 5.56 Å². The molecule has 1 unspecified atom stereocenters. The molecule has 0 fully saturated rings. The molecule has 6 heteroatoms. The summed E-state index contributed by atoms with van der Waals surface area (Å²) in [5.74, 6) is -4.68. The summed E-state index contributed by atoms with van der Waals surface area (Å²) in [6.07, 6.45) is 0. The molecule has 17 heavy (non-hydrogen) atoms. The molecule has 0 bridgehead atoms. The third-order valence-corrected chi connectivity index (χ3v) is 2.25. The molecule has 0 saturated heterocycles. The van der Waals surface area contributed by atoms with Crippen molar-refractivity contribution in [1.82, 2.24) is 0 Å². The maximum Gasteiger partial charge on any atom is 1.00 e. The number of benzene rings is 1. The van der Waals surface area contributed by atoms with Gasteiger partial charge < -0.3 is 15.0 Å². The van der Waals surface area contributed by atoms with Gasteiger partial charge in [-0.15, -0.1) is 0 Å². The Morgan fingerprint density at radius 1 is 1.18 bits per heavy atom. The third-order valence-electron chi connectivity index (χ3n) is 2.25. The third kappa shape index (κ3) is 3.96. The van der Waals surface area contributed by atoms with E-state index in [1.54, 1.807) is 0 Å². The predicted octanol–water partition coefficient (Wildman–Crippen LogP) is -3.19. The summed E-state index contributed by atoms with van der Waals surface area (Å²) in [5.41, 5.74) is 0.524. The zero-order valence-corrected chi connectivity index (χ0v) is 11.5. The molecule has 0 aliphatic carbocycles. The second-order valence-electron chi connectivity index (χ2n) is 3.30. The number of Topliss-reactive ketones (excluding diaryl/α,β-unsaturated/α-hetero) is 1. The first-order chi connectivity index (χ1) is 7.43. The Morgan fingerprint density at radius 2 is 1.65 bits per heavy atom. The minimum atomic E-state index is -1.74. The first-order valence-electron chi connectivity index (χ1n) is 4.52. The molecule has 84 valence electrons. The summed E-state index contributed by atoms with van der Waals surface area (Å²) >= 11 is 0. The van der Waals surface area contributed by atoms with Crippen LogP contribution in [0.25, 0.3) is 0 Å². The van der Waals surface area contributed by atoms with E-state index < -0.39 is 23.6 Å². The van der Waals surface area contributed by atoms with Gasteiger partial charge in [0, 0.05) is 5.92 Å². The predicted molar refractivity (Wildman–Crippen MR) is 51.8 cm³/mol. The molecule has 0 aromatic heterocycles. The van der Waals surface area contributed by atoms with Gasteiger partial charge in [-0.3, -0.25) is 4.79 Å². The molecule has 0 spiro atoms. The molecule has 0 aliphatic rings. The fraction of sp³-hybridized carbons (Fsp3) is 0.182. The Balaban J connectivity index is 0.00000256. The van der Waals surface area contributed by atoms with E-state index >= 15 is 0 Å². The Labute approximate surface area is 120 Å². The molecule has 1 aromatic rings. The number of hydrogen-bond acceptors (Lipinski definition) is 4. The average Bonchev–Trinajstić information content (AvgIpc) is 2.27. The Morgan fingerprint density at radius 3 is 2.00 bits per heavy atom. The smallest absolute Gasteiger partial charge is 0.542 e. The second kappa shape index (κ2) is 6.54. The number of hydrogen-bond donors (Lipinski definition) is 1. The summed E-state index contributed by atoms with van der Waals surface area (Å²) in [6.45, 7) is 1.42. The monoisotopic (exact) mass is 244 g/mol. The largest absolute Gasteiger partial charge is 1.00 e. The van der Waals surface area contributed by atoms with Crippen LogP contribution in [0.3, 0.4) is 0 Å². The molecule has 1 atom stereocenters. The van der Waals surface area contributed by atoms with Crippen molar-refractivity contribution in [3.8, 4) is 0 Å². The van der Waals surface area contributed by atoms with Gasteiger partial charge in [-0.25, -0.2) is 4.79 Å². The number of aliphatic carboxylic acids is 1. The van der Waals surface area contributed by atoms with Crippen LogP contribution in [0.4, 0.5) is 0 Å². The Kier molecular flexibility index (Phi) is 6.09. The number of carbonyl (C=O) groups excluding carboxylic acids is 2. The van der Waals surface area contributed by atoms with Crippen molar-refractivity contribution in [2.24, 2.45) is 0 Å². The van der Waals surface area contributed by atoms with Crippen molar-refractivity contribution in [2.75, 3.05) is 0 Å². The van der Waals surface area contributed by atoms with E-state index in [4.69, 9.17) is 5.11 Å². The van der Waals surface area contributed by atoms with Crippen LogP contribution in [0.5, 0.6) is 0 Å². The fourth-order valence-corrected chi connectivity index (χ4v) is 1.24. The van der Waals surface area contributed by atoms with Crippen LogP contribution in [0.1, 0.15) is 28.8 Å². The van der Waals surface area contributed by atoms with Gasteiger partial charge in [0.25, 0.3) is 0 Å². The van der Waals surface area contributed by atoms with Gasteiger partial charge in [-0.1, -0.05) is 19.1 Å². The van der Waals surface area contributed by atoms with Crippen LogP contribution in [0, 0.1) is 0 Å². The summed E-state index contributed by atoms with van der Waals surface area (Å²) in [4.78, 5) is 32.0. The van der Waals surface area contributed by atoms with E-state index in [-0.39, 0.29) is 35.1 Å². The van der Waals surface area contributed by atoms with Crippen molar-refractivity contribution >= 4 is 17.7 Å². The van der Waals surface area contributed by atoms with Crippen molar-refractivity contribution in [3.05, 3.63) is 35.4 Å². The fourth-order valence-electron chi connectivity index (χ4n) is 1.24. The Hall–Kier alpha value is -1.17. The van der Waals surface area contributed by atoms with Gasteiger partial charge in [0.1, 0.15) is 5.97 Å². The van der Waals surface area contributed by atoms with Crippen molar-refractivity contribution < 1.29 is 54.2 Å². The molecule has 0 saturated carbocycles. The minimum Gasteiger partial charge on any atom is -0.542 e.